The fourth-order valence-corrected chi connectivity index (χ4v) is 2.37. The molecule has 0 spiro atoms. The van der Waals surface area contributed by atoms with Crippen LogP contribution in [0.5, 0.6) is 0 Å². The summed E-state index contributed by atoms with van der Waals surface area (Å²) in [5, 5.41) is 5.98. The number of benzene rings is 3. The molecule has 0 fully saturated rings. The molecule has 0 bridgehead atoms. The Balaban J connectivity index is 1.83. The molecule has 3 aromatic rings. The number of rotatable bonds is 3. The maximum atomic E-state index is 12.9. The number of fused-ring (bicyclic) bond motifs is 1. The largest absolute Gasteiger partial charge is 0.272 e. The molecule has 0 saturated heterocycles. The fourth-order valence-electron chi connectivity index (χ4n) is 2.37. The van der Waals surface area contributed by atoms with Crippen LogP contribution in [0.3, 0.4) is 0 Å². The van der Waals surface area contributed by atoms with Crippen LogP contribution in [0, 0.1) is 5.82 Å². The third-order valence-corrected chi connectivity index (χ3v) is 3.62. The van der Waals surface area contributed by atoms with Crippen molar-refractivity contribution in [1.82, 2.24) is 5.43 Å². The summed E-state index contributed by atoms with van der Waals surface area (Å²) >= 11 is 0. The van der Waals surface area contributed by atoms with E-state index in [4.69, 9.17) is 0 Å². The number of nitrogens with one attached hydrogen (secondary N) is 1. The Morgan fingerprint density at radius 1 is 0.957 bits per heavy atom. The van der Waals surface area contributed by atoms with E-state index < -0.39 is 0 Å². The van der Waals surface area contributed by atoms with Crippen LogP contribution in [-0.2, 0) is 0 Å². The van der Waals surface area contributed by atoms with Crippen molar-refractivity contribution in [2.75, 3.05) is 0 Å². The number of hydrogen-bond acceptors (Lipinski definition) is 2. The molecule has 4 heteroatoms. The van der Waals surface area contributed by atoms with E-state index in [-0.39, 0.29) is 11.7 Å². The Morgan fingerprint density at radius 2 is 1.65 bits per heavy atom. The van der Waals surface area contributed by atoms with Gasteiger partial charge in [-0.25, -0.2) is 9.82 Å². The van der Waals surface area contributed by atoms with Gasteiger partial charge in [-0.3, -0.25) is 4.79 Å². The zero-order valence-corrected chi connectivity index (χ0v) is 12.6. The number of amides is 1. The number of carbonyl (C=O) groups excluding carboxylic acids is 1. The summed E-state index contributed by atoms with van der Waals surface area (Å²) in [4.78, 5) is 12.4. The van der Waals surface area contributed by atoms with Gasteiger partial charge >= 0.3 is 0 Å². The molecule has 0 unspecified atom stereocenters. The summed E-state index contributed by atoms with van der Waals surface area (Å²) in [6, 6.07) is 19.2. The zero-order valence-electron chi connectivity index (χ0n) is 12.6. The highest BCUT2D eigenvalue weighted by atomic mass is 19.1. The van der Waals surface area contributed by atoms with Gasteiger partial charge in [0.1, 0.15) is 5.82 Å². The molecule has 1 amide bonds. The first kappa shape index (κ1) is 14.9. The summed E-state index contributed by atoms with van der Waals surface area (Å²) in [6.45, 7) is 1.76. The van der Waals surface area contributed by atoms with Crippen molar-refractivity contribution < 1.29 is 9.18 Å². The average molecular weight is 306 g/mol. The van der Waals surface area contributed by atoms with Crippen LogP contribution >= 0.6 is 0 Å². The molecule has 0 aliphatic rings. The van der Waals surface area contributed by atoms with Crippen LogP contribution in [0.4, 0.5) is 4.39 Å². The molecular formula is C19H15FN2O. The minimum Gasteiger partial charge on any atom is -0.267 e. The lowest BCUT2D eigenvalue weighted by Crippen LogP contribution is -2.19. The van der Waals surface area contributed by atoms with Crippen LogP contribution < -0.4 is 5.43 Å². The fraction of sp³-hybridized carbons (Fsp3) is 0.0526. The van der Waals surface area contributed by atoms with Crippen molar-refractivity contribution in [3.63, 3.8) is 0 Å². The standard InChI is InChI=1S/C19H15FN2O/c1-13(14-9-11-16(20)12-10-14)21-22-19(23)18-8-4-6-15-5-2-3-7-17(15)18/h2-12H,1H3,(H,22,23). The monoisotopic (exact) mass is 306 g/mol. The molecule has 0 atom stereocenters. The van der Waals surface area contributed by atoms with E-state index in [1.165, 1.54) is 12.1 Å². The third kappa shape index (κ3) is 3.26. The molecule has 114 valence electrons. The third-order valence-electron chi connectivity index (χ3n) is 3.62. The topological polar surface area (TPSA) is 41.5 Å². The number of halogens is 1. The molecule has 0 heterocycles. The highest BCUT2D eigenvalue weighted by Crippen LogP contribution is 2.18. The molecule has 3 nitrogen and oxygen atoms in total. The second-order valence-corrected chi connectivity index (χ2v) is 5.17. The van der Waals surface area contributed by atoms with E-state index >= 15 is 0 Å². The maximum Gasteiger partial charge on any atom is 0.272 e. The molecular weight excluding hydrogens is 291 g/mol. The average Bonchev–Trinajstić information content (AvgIpc) is 2.59. The van der Waals surface area contributed by atoms with Gasteiger partial charge in [0.15, 0.2) is 0 Å². The predicted octanol–water partition coefficient (Wildman–Crippen LogP) is 4.13. The Morgan fingerprint density at radius 3 is 2.43 bits per heavy atom. The lowest BCUT2D eigenvalue weighted by atomic mass is 10.0. The smallest absolute Gasteiger partial charge is 0.267 e. The molecule has 1 N–H and O–H groups in total. The lowest BCUT2D eigenvalue weighted by molar-refractivity contribution is 0.0956. The van der Waals surface area contributed by atoms with Gasteiger partial charge in [-0.05, 0) is 41.5 Å². The first-order chi connectivity index (χ1) is 11.1. The zero-order chi connectivity index (χ0) is 16.2. The summed E-state index contributed by atoms with van der Waals surface area (Å²) in [6.07, 6.45) is 0. The molecule has 23 heavy (non-hydrogen) atoms. The highest BCUT2D eigenvalue weighted by Gasteiger charge is 2.09. The number of carbonyl (C=O) groups is 1. The first-order valence-electron chi connectivity index (χ1n) is 7.23. The van der Waals surface area contributed by atoms with E-state index in [1.807, 2.05) is 36.4 Å². The Kier molecular flexibility index (Phi) is 4.15. The molecule has 3 aromatic carbocycles. The highest BCUT2D eigenvalue weighted by molar-refractivity contribution is 6.07. The molecule has 0 aliphatic heterocycles. The van der Waals surface area contributed by atoms with Crippen molar-refractivity contribution in [3.8, 4) is 0 Å². The van der Waals surface area contributed by atoms with E-state index in [0.717, 1.165) is 16.3 Å². The van der Waals surface area contributed by atoms with E-state index in [9.17, 15) is 9.18 Å². The molecule has 0 aliphatic carbocycles. The molecule has 0 saturated carbocycles. The predicted molar refractivity (Wildman–Crippen MR) is 90.0 cm³/mol. The van der Waals surface area contributed by atoms with Gasteiger partial charge in [-0.1, -0.05) is 48.5 Å². The quantitative estimate of drug-likeness (QED) is 0.573. The SMILES string of the molecule is CC(=NNC(=O)c1cccc2ccccc12)c1ccc(F)cc1. The number of hydrogen-bond donors (Lipinski definition) is 1. The molecule has 0 aromatic heterocycles. The van der Waals surface area contributed by atoms with Gasteiger partial charge in [0.2, 0.25) is 0 Å². The van der Waals surface area contributed by atoms with E-state index in [1.54, 1.807) is 25.1 Å². The summed E-state index contributed by atoms with van der Waals surface area (Å²) in [5.41, 5.74) is 4.49. The van der Waals surface area contributed by atoms with Crippen LogP contribution in [0.2, 0.25) is 0 Å². The van der Waals surface area contributed by atoms with Crippen LogP contribution in [0.15, 0.2) is 71.8 Å². The van der Waals surface area contributed by atoms with Crippen molar-refractivity contribution in [1.29, 1.82) is 0 Å². The minimum atomic E-state index is -0.304. The van der Waals surface area contributed by atoms with Crippen molar-refractivity contribution in [2.24, 2.45) is 5.10 Å². The second kappa shape index (κ2) is 6.40. The summed E-state index contributed by atoms with van der Waals surface area (Å²) in [7, 11) is 0. The maximum absolute atomic E-state index is 12.9. The van der Waals surface area contributed by atoms with Crippen LogP contribution in [0.25, 0.3) is 10.8 Å². The lowest BCUT2D eigenvalue weighted by Gasteiger charge is -2.06. The van der Waals surface area contributed by atoms with Crippen molar-refractivity contribution in [3.05, 3.63) is 83.7 Å². The normalized spacial score (nSPS) is 11.5. The number of hydrazone groups is 1. The van der Waals surface area contributed by atoms with Gasteiger partial charge in [-0.2, -0.15) is 5.10 Å². The van der Waals surface area contributed by atoms with Crippen LogP contribution in [-0.4, -0.2) is 11.6 Å². The second-order valence-electron chi connectivity index (χ2n) is 5.17. The molecule has 3 rings (SSSR count). The van der Waals surface area contributed by atoms with Gasteiger partial charge < -0.3 is 0 Å². The summed E-state index contributed by atoms with van der Waals surface area (Å²) < 4.78 is 12.9. The Bertz CT molecular complexity index is 880. The van der Waals surface area contributed by atoms with Gasteiger partial charge in [0.25, 0.3) is 5.91 Å². The first-order valence-corrected chi connectivity index (χ1v) is 7.23. The Labute approximate surface area is 133 Å². The van der Waals surface area contributed by atoms with E-state index in [2.05, 4.69) is 10.5 Å². The van der Waals surface area contributed by atoms with Gasteiger partial charge in [-0.15, -0.1) is 0 Å². The minimum absolute atomic E-state index is 0.275. The summed E-state index contributed by atoms with van der Waals surface area (Å²) in [5.74, 6) is -0.579. The molecule has 0 radical (unpaired) electrons. The van der Waals surface area contributed by atoms with E-state index in [0.29, 0.717) is 11.3 Å². The number of nitrogens with zero attached hydrogens (tertiary/aromatic N) is 1. The van der Waals surface area contributed by atoms with Gasteiger partial charge in [0.05, 0.1) is 5.71 Å². The Hall–Kier alpha value is -3.01. The van der Waals surface area contributed by atoms with Crippen LogP contribution in [0.1, 0.15) is 22.8 Å². The van der Waals surface area contributed by atoms with Crippen molar-refractivity contribution >= 4 is 22.4 Å². The van der Waals surface area contributed by atoms with Crippen molar-refractivity contribution in [2.45, 2.75) is 6.92 Å². The van der Waals surface area contributed by atoms with Gasteiger partial charge in [0, 0.05) is 5.56 Å².